The Kier molecular flexibility index (Phi) is 5.16. The lowest BCUT2D eigenvalue weighted by Crippen LogP contribution is -2.17. The van der Waals surface area contributed by atoms with Gasteiger partial charge in [0, 0.05) is 23.3 Å². The molecule has 2 aliphatic carbocycles. The number of fused-ring (bicyclic) bond motifs is 3. The van der Waals surface area contributed by atoms with Crippen molar-refractivity contribution in [3.8, 4) is 0 Å². The molecule has 2 aliphatic rings. The minimum absolute atomic E-state index is 0.0543. The molecule has 0 heterocycles. The normalized spacial score (nSPS) is 15.7. The number of non-ortho nitro benzene ring substituents is 1. The lowest BCUT2D eigenvalue weighted by molar-refractivity contribution is -0.419. The zero-order valence-electron chi connectivity index (χ0n) is 17.4. The van der Waals surface area contributed by atoms with Crippen LogP contribution in [0, 0.1) is 43.1 Å². The molecule has 10 nitrogen and oxygen atoms in total. The number of nitrogens with zero attached hydrogens (tertiary/aromatic N) is 4. The maximum absolute atomic E-state index is 13.6. The molecule has 0 bridgehead atoms. The Labute approximate surface area is 185 Å². The lowest BCUT2D eigenvalue weighted by Gasteiger charge is -2.18. The standard InChI is InChI=1S/C22H15FN4O6/c1-3-15-19(26(30)31)10-16-17(22(15)24-18-5-4-13(23)6-11(18)2)8-12-7-14(25(28)29)9-20(21(12)16)27(32)33/h4-10H,3H2,1-2H3. The van der Waals surface area contributed by atoms with Crippen LogP contribution in [-0.2, 0) is 0 Å². The Hall–Kier alpha value is -4.54. The first-order valence-electron chi connectivity index (χ1n) is 9.76. The van der Waals surface area contributed by atoms with Gasteiger partial charge in [-0.3, -0.25) is 30.3 Å². The Morgan fingerprint density at radius 3 is 2.24 bits per heavy atom. The van der Waals surface area contributed by atoms with Gasteiger partial charge in [0.05, 0.1) is 43.4 Å². The molecule has 0 saturated carbocycles. The van der Waals surface area contributed by atoms with Crippen LogP contribution in [0.25, 0.3) is 11.6 Å². The van der Waals surface area contributed by atoms with Gasteiger partial charge in [-0.2, -0.15) is 0 Å². The third-order valence-electron chi connectivity index (χ3n) is 5.47. The number of halogens is 1. The van der Waals surface area contributed by atoms with Crippen molar-refractivity contribution in [3.63, 3.8) is 0 Å². The van der Waals surface area contributed by atoms with Gasteiger partial charge in [-0.1, -0.05) is 6.92 Å². The quantitative estimate of drug-likeness (QED) is 0.437. The summed E-state index contributed by atoms with van der Waals surface area (Å²) in [6.07, 6.45) is 2.98. The highest BCUT2D eigenvalue weighted by atomic mass is 19.1. The van der Waals surface area contributed by atoms with Crippen LogP contribution in [0.5, 0.6) is 0 Å². The van der Waals surface area contributed by atoms with Crippen LogP contribution in [0.3, 0.4) is 0 Å². The Bertz CT molecular complexity index is 1400. The molecule has 33 heavy (non-hydrogen) atoms. The van der Waals surface area contributed by atoms with Crippen molar-refractivity contribution in [3.05, 3.63) is 106 Å². The van der Waals surface area contributed by atoms with Crippen molar-refractivity contribution in [2.45, 2.75) is 20.3 Å². The number of nitro groups is 3. The van der Waals surface area contributed by atoms with Gasteiger partial charge in [-0.15, -0.1) is 0 Å². The van der Waals surface area contributed by atoms with Gasteiger partial charge in [-0.05, 0) is 48.7 Å². The molecule has 2 aromatic rings. The van der Waals surface area contributed by atoms with E-state index in [9.17, 15) is 34.7 Å². The Morgan fingerprint density at radius 1 is 0.939 bits per heavy atom. The largest absolute Gasteiger partial charge is 0.284 e. The van der Waals surface area contributed by atoms with Crippen LogP contribution < -0.4 is 0 Å². The van der Waals surface area contributed by atoms with Crippen LogP contribution >= 0.6 is 0 Å². The van der Waals surface area contributed by atoms with Crippen molar-refractivity contribution in [1.29, 1.82) is 0 Å². The number of nitro benzene ring substituents is 2. The number of aliphatic imine (C=N–C) groups is 1. The van der Waals surface area contributed by atoms with Gasteiger partial charge < -0.3 is 0 Å². The zero-order valence-corrected chi connectivity index (χ0v) is 17.4. The molecule has 0 aliphatic heterocycles. The second-order valence-electron chi connectivity index (χ2n) is 7.43. The smallest absolute Gasteiger partial charge is 0.258 e. The number of hydrogen-bond donors (Lipinski definition) is 0. The van der Waals surface area contributed by atoms with Crippen LogP contribution in [-0.4, -0.2) is 20.5 Å². The van der Waals surface area contributed by atoms with E-state index in [1.54, 1.807) is 13.8 Å². The van der Waals surface area contributed by atoms with E-state index in [0.29, 0.717) is 22.4 Å². The molecule has 0 spiro atoms. The van der Waals surface area contributed by atoms with Gasteiger partial charge in [0.25, 0.3) is 17.1 Å². The van der Waals surface area contributed by atoms with E-state index in [-0.39, 0.29) is 34.5 Å². The van der Waals surface area contributed by atoms with Gasteiger partial charge in [0.1, 0.15) is 5.82 Å². The van der Waals surface area contributed by atoms with Gasteiger partial charge >= 0.3 is 0 Å². The predicted octanol–water partition coefficient (Wildman–Crippen LogP) is 5.46. The fourth-order valence-electron chi connectivity index (χ4n) is 4.02. The van der Waals surface area contributed by atoms with Crippen molar-refractivity contribution in [2.75, 3.05) is 0 Å². The van der Waals surface area contributed by atoms with Crippen LogP contribution in [0.2, 0.25) is 0 Å². The second-order valence-corrected chi connectivity index (χ2v) is 7.43. The Morgan fingerprint density at radius 2 is 1.67 bits per heavy atom. The molecule has 0 fully saturated rings. The van der Waals surface area contributed by atoms with E-state index in [1.165, 1.54) is 36.4 Å². The van der Waals surface area contributed by atoms with E-state index >= 15 is 0 Å². The maximum atomic E-state index is 13.6. The van der Waals surface area contributed by atoms with E-state index in [0.717, 1.165) is 6.07 Å². The van der Waals surface area contributed by atoms with E-state index in [1.807, 2.05) is 0 Å². The van der Waals surface area contributed by atoms with Gasteiger partial charge in [-0.25, -0.2) is 9.38 Å². The van der Waals surface area contributed by atoms with Crippen LogP contribution in [0.15, 0.2) is 58.2 Å². The summed E-state index contributed by atoms with van der Waals surface area (Å²) in [4.78, 5) is 37.4. The molecule has 2 aromatic carbocycles. The van der Waals surface area contributed by atoms with Crippen molar-refractivity contribution < 1.29 is 19.2 Å². The van der Waals surface area contributed by atoms with Gasteiger partial charge in [0.15, 0.2) is 0 Å². The summed E-state index contributed by atoms with van der Waals surface area (Å²) in [5.74, 6) is -0.465. The summed E-state index contributed by atoms with van der Waals surface area (Å²) in [5, 5.41) is 34.9. The number of hydrogen-bond acceptors (Lipinski definition) is 7. The topological polar surface area (TPSA) is 142 Å². The minimum atomic E-state index is -0.755. The van der Waals surface area contributed by atoms with E-state index in [2.05, 4.69) is 4.99 Å². The molecular formula is C22H15FN4O6. The third-order valence-corrected chi connectivity index (χ3v) is 5.47. The highest BCUT2D eigenvalue weighted by molar-refractivity contribution is 6.29. The SMILES string of the molecule is CCC1=C([N+](=O)[O-])C=C2C(=Cc3cc([N+](=O)[O-])cc([N+](=O)[O-])c32)C1=Nc1ccc(F)cc1C. The average molecular weight is 450 g/mol. The molecule has 0 aromatic heterocycles. The van der Waals surface area contributed by atoms with Crippen LogP contribution in [0.1, 0.15) is 30.0 Å². The van der Waals surface area contributed by atoms with Crippen molar-refractivity contribution in [2.24, 2.45) is 4.99 Å². The van der Waals surface area contributed by atoms with Crippen molar-refractivity contribution in [1.82, 2.24) is 0 Å². The molecule has 0 radical (unpaired) electrons. The first kappa shape index (κ1) is 21.7. The fourth-order valence-corrected chi connectivity index (χ4v) is 4.02. The highest BCUT2D eigenvalue weighted by Crippen LogP contribution is 2.48. The van der Waals surface area contributed by atoms with Crippen molar-refractivity contribution >= 4 is 34.4 Å². The second kappa shape index (κ2) is 7.86. The molecule has 0 unspecified atom stereocenters. The van der Waals surface area contributed by atoms with E-state index in [4.69, 9.17) is 0 Å². The average Bonchev–Trinajstić information content (AvgIpc) is 3.12. The molecule has 4 rings (SSSR count). The summed E-state index contributed by atoms with van der Waals surface area (Å²) in [7, 11) is 0. The molecule has 0 atom stereocenters. The summed E-state index contributed by atoms with van der Waals surface area (Å²) < 4.78 is 13.6. The number of allylic oxidation sites excluding steroid dienone is 4. The van der Waals surface area contributed by atoms with E-state index < -0.39 is 32.0 Å². The lowest BCUT2D eigenvalue weighted by atomic mass is 9.87. The highest BCUT2D eigenvalue weighted by Gasteiger charge is 2.38. The fraction of sp³-hybridized carbons (Fsp3) is 0.136. The van der Waals surface area contributed by atoms with Gasteiger partial charge in [0.2, 0.25) is 0 Å². The molecule has 11 heteroatoms. The molecule has 0 amide bonds. The van der Waals surface area contributed by atoms with Crippen LogP contribution in [0.4, 0.5) is 21.5 Å². The molecule has 0 N–H and O–H groups in total. The number of benzene rings is 2. The number of rotatable bonds is 5. The molecular weight excluding hydrogens is 435 g/mol. The first-order chi connectivity index (χ1) is 15.6. The predicted molar refractivity (Wildman–Crippen MR) is 118 cm³/mol. The first-order valence-corrected chi connectivity index (χ1v) is 9.76. The maximum Gasteiger partial charge on any atom is 0.284 e. The zero-order chi connectivity index (χ0) is 24.0. The number of aryl methyl sites for hydroxylation is 1. The third kappa shape index (κ3) is 3.59. The summed E-state index contributed by atoms with van der Waals surface area (Å²) in [6.45, 7) is 3.35. The monoisotopic (exact) mass is 450 g/mol. The summed E-state index contributed by atoms with van der Waals surface area (Å²) in [5.41, 5.74) is 0.914. The Balaban J connectivity index is 2.04. The summed E-state index contributed by atoms with van der Waals surface area (Å²) in [6, 6.07) is 5.94. The minimum Gasteiger partial charge on any atom is -0.258 e. The molecule has 166 valence electrons. The summed E-state index contributed by atoms with van der Waals surface area (Å²) >= 11 is 0. The molecule has 0 saturated heterocycles.